The molecular weight excluding hydrogens is 202 g/mol. The summed E-state index contributed by atoms with van der Waals surface area (Å²) in [4.78, 5) is 12.6. The third-order valence-electron chi connectivity index (χ3n) is 2.01. The van der Waals surface area contributed by atoms with Crippen LogP contribution < -0.4 is 0 Å². The Bertz CT molecular complexity index is 333. The van der Waals surface area contributed by atoms with Gasteiger partial charge in [0.1, 0.15) is 0 Å². The Morgan fingerprint density at radius 2 is 1.94 bits per heavy atom. The molecule has 1 atom stereocenters. The van der Waals surface area contributed by atoms with Crippen molar-refractivity contribution in [3.8, 4) is 0 Å². The SMILES string of the molecule is C.C=C(OC(C=O)c1ccccc1)N(C)C. The number of benzene rings is 1. The van der Waals surface area contributed by atoms with E-state index in [1.54, 1.807) is 4.90 Å². The molecule has 16 heavy (non-hydrogen) atoms. The Balaban J connectivity index is 0.00000225. The van der Waals surface area contributed by atoms with E-state index in [2.05, 4.69) is 6.58 Å². The number of rotatable bonds is 5. The molecule has 1 aromatic rings. The predicted molar refractivity (Wildman–Crippen MR) is 65.9 cm³/mol. The third kappa shape index (κ3) is 3.77. The highest BCUT2D eigenvalue weighted by Crippen LogP contribution is 2.18. The molecule has 0 saturated carbocycles. The molecule has 1 rings (SSSR count). The number of carbonyl (C=O) groups is 1. The zero-order valence-electron chi connectivity index (χ0n) is 9.01. The van der Waals surface area contributed by atoms with Gasteiger partial charge in [-0.15, -0.1) is 0 Å². The molecule has 0 saturated heterocycles. The van der Waals surface area contributed by atoms with Crippen LogP contribution in [0.2, 0.25) is 0 Å². The monoisotopic (exact) mass is 221 g/mol. The molecule has 0 bridgehead atoms. The van der Waals surface area contributed by atoms with E-state index >= 15 is 0 Å². The summed E-state index contributed by atoms with van der Waals surface area (Å²) in [6.45, 7) is 3.71. The van der Waals surface area contributed by atoms with Crippen LogP contribution in [0.3, 0.4) is 0 Å². The van der Waals surface area contributed by atoms with Crippen molar-refractivity contribution in [2.75, 3.05) is 14.1 Å². The molecular formula is C13H19NO2. The molecule has 0 fully saturated rings. The lowest BCUT2D eigenvalue weighted by Crippen LogP contribution is -2.16. The second kappa shape index (κ2) is 6.67. The van der Waals surface area contributed by atoms with E-state index in [0.717, 1.165) is 11.8 Å². The molecule has 0 amide bonds. The molecule has 0 heterocycles. The number of hydrogen-bond donors (Lipinski definition) is 0. The molecule has 88 valence electrons. The number of hydrogen-bond acceptors (Lipinski definition) is 3. The first kappa shape index (κ1) is 14.2. The molecule has 3 heteroatoms. The van der Waals surface area contributed by atoms with E-state index in [0.29, 0.717) is 5.88 Å². The van der Waals surface area contributed by atoms with E-state index in [1.807, 2.05) is 44.4 Å². The lowest BCUT2D eigenvalue weighted by atomic mass is 10.1. The highest BCUT2D eigenvalue weighted by atomic mass is 16.5. The molecule has 0 spiro atoms. The maximum absolute atomic E-state index is 10.9. The van der Waals surface area contributed by atoms with E-state index in [4.69, 9.17) is 4.74 Å². The van der Waals surface area contributed by atoms with Crippen LogP contribution in [-0.4, -0.2) is 25.3 Å². The van der Waals surface area contributed by atoms with Gasteiger partial charge in [0.25, 0.3) is 0 Å². The average molecular weight is 221 g/mol. The topological polar surface area (TPSA) is 29.5 Å². The Labute approximate surface area is 97.3 Å². The van der Waals surface area contributed by atoms with Crippen LogP contribution in [-0.2, 0) is 9.53 Å². The number of nitrogens with zero attached hydrogens (tertiary/aromatic N) is 1. The van der Waals surface area contributed by atoms with Gasteiger partial charge in [0, 0.05) is 14.1 Å². The standard InChI is InChI=1S/C12H15NO2.CH4/c1-10(13(2)3)15-12(9-14)11-7-5-4-6-8-11;/h4-9,12H,1H2,2-3H3;1H4. The van der Waals surface area contributed by atoms with Gasteiger partial charge >= 0.3 is 0 Å². The van der Waals surface area contributed by atoms with Gasteiger partial charge in [0.15, 0.2) is 18.3 Å². The molecule has 0 aromatic heterocycles. The van der Waals surface area contributed by atoms with Gasteiger partial charge in [-0.3, -0.25) is 4.79 Å². The fourth-order valence-corrected chi connectivity index (χ4v) is 1.07. The quantitative estimate of drug-likeness (QED) is 0.565. The first-order valence-electron chi connectivity index (χ1n) is 4.68. The predicted octanol–water partition coefficient (Wildman–Crippen LogP) is 2.61. The van der Waals surface area contributed by atoms with Crippen LogP contribution in [0, 0.1) is 0 Å². The summed E-state index contributed by atoms with van der Waals surface area (Å²) >= 11 is 0. The summed E-state index contributed by atoms with van der Waals surface area (Å²) < 4.78 is 5.41. The largest absolute Gasteiger partial charge is 0.464 e. The van der Waals surface area contributed by atoms with Gasteiger partial charge in [-0.25, -0.2) is 0 Å². The zero-order valence-corrected chi connectivity index (χ0v) is 9.01. The summed E-state index contributed by atoms with van der Waals surface area (Å²) in [7, 11) is 3.63. The Kier molecular flexibility index (Phi) is 5.93. The lowest BCUT2D eigenvalue weighted by molar-refractivity contribution is -0.117. The van der Waals surface area contributed by atoms with Crippen molar-refractivity contribution in [1.82, 2.24) is 4.90 Å². The van der Waals surface area contributed by atoms with Gasteiger partial charge < -0.3 is 9.64 Å². The Hall–Kier alpha value is -1.77. The first-order chi connectivity index (χ1) is 7.15. The fourth-order valence-electron chi connectivity index (χ4n) is 1.07. The smallest absolute Gasteiger partial charge is 0.182 e. The number of aldehydes is 1. The highest BCUT2D eigenvalue weighted by molar-refractivity contribution is 5.60. The van der Waals surface area contributed by atoms with Crippen molar-refractivity contribution in [2.24, 2.45) is 0 Å². The van der Waals surface area contributed by atoms with Gasteiger partial charge in [0.2, 0.25) is 0 Å². The summed E-state index contributed by atoms with van der Waals surface area (Å²) in [6, 6.07) is 9.33. The molecule has 0 aliphatic rings. The van der Waals surface area contributed by atoms with Gasteiger partial charge in [-0.05, 0) is 12.1 Å². The van der Waals surface area contributed by atoms with E-state index in [-0.39, 0.29) is 7.43 Å². The first-order valence-corrected chi connectivity index (χ1v) is 4.68. The summed E-state index contributed by atoms with van der Waals surface area (Å²) in [5, 5.41) is 0. The van der Waals surface area contributed by atoms with Crippen LogP contribution in [0.1, 0.15) is 19.1 Å². The second-order valence-electron chi connectivity index (χ2n) is 3.37. The van der Waals surface area contributed by atoms with Crippen molar-refractivity contribution < 1.29 is 9.53 Å². The van der Waals surface area contributed by atoms with Crippen molar-refractivity contribution in [3.05, 3.63) is 48.4 Å². The second-order valence-corrected chi connectivity index (χ2v) is 3.37. The minimum atomic E-state index is -0.582. The van der Waals surface area contributed by atoms with Crippen LogP contribution in [0.5, 0.6) is 0 Å². The maximum atomic E-state index is 10.9. The fraction of sp³-hybridized carbons (Fsp3) is 0.308. The summed E-state index contributed by atoms with van der Waals surface area (Å²) in [6.07, 6.45) is 0.186. The van der Waals surface area contributed by atoms with Gasteiger partial charge in [-0.1, -0.05) is 37.8 Å². The lowest BCUT2D eigenvalue weighted by Gasteiger charge is -2.20. The van der Waals surface area contributed by atoms with E-state index < -0.39 is 6.10 Å². The molecule has 0 aliphatic heterocycles. The van der Waals surface area contributed by atoms with Gasteiger partial charge in [-0.2, -0.15) is 0 Å². The molecule has 1 unspecified atom stereocenters. The van der Waals surface area contributed by atoms with E-state index in [9.17, 15) is 4.79 Å². The number of carbonyl (C=O) groups excluding carboxylic acids is 1. The van der Waals surface area contributed by atoms with Crippen molar-refractivity contribution >= 4 is 6.29 Å². The average Bonchev–Trinajstić information content (AvgIpc) is 2.26. The Morgan fingerprint density at radius 1 is 1.38 bits per heavy atom. The number of ether oxygens (including phenoxy) is 1. The van der Waals surface area contributed by atoms with Crippen LogP contribution in [0.15, 0.2) is 42.8 Å². The van der Waals surface area contributed by atoms with Crippen LogP contribution >= 0.6 is 0 Å². The maximum Gasteiger partial charge on any atom is 0.182 e. The molecule has 0 radical (unpaired) electrons. The minimum Gasteiger partial charge on any atom is -0.464 e. The van der Waals surface area contributed by atoms with Crippen LogP contribution in [0.4, 0.5) is 0 Å². The molecule has 0 N–H and O–H groups in total. The molecule has 0 aliphatic carbocycles. The normalized spacial score (nSPS) is 10.9. The van der Waals surface area contributed by atoms with Crippen LogP contribution in [0.25, 0.3) is 0 Å². The zero-order chi connectivity index (χ0) is 11.3. The minimum absolute atomic E-state index is 0. The summed E-state index contributed by atoms with van der Waals surface area (Å²) in [5.74, 6) is 0.468. The summed E-state index contributed by atoms with van der Waals surface area (Å²) in [5.41, 5.74) is 0.829. The highest BCUT2D eigenvalue weighted by Gasteiger charge is 2.12. The molecule has 3 nitrogen and oxygen atoms in total. The van der Waals surface area contributed by atoms with Gasteiger partial charge in [0.05, 0.1) is 0 Å². The van der Waals surface area contributed by atoms with Crippen molar-refractivity contribution in [2.45, 2.75) is 13.5 Å². The third-order valence-corrected chi connectivity index (χ3v) is 2.01. The van der Waals surface area contributed by atoms with Crippen molar-refractivity contribution in [3.63, 3.8) is 0 Å². The Morgan fingerprint density at radius 3 is 2.38 bits per heavy atom. The van der Waals surface area contributed by atoms with Crippen molar-refractivity contribution in [1.29, 1.82) is 0 Å². The molecule has 1 aromatic carbocycles. The van der Waals surface area contributed by atoms with E-state index in [1.165, 1.54) is 0 Å².